The van der Waals surface area contributed by atoms with Gasteiger partial charge in [-0.1, -0.05) is 48.5 Å². The number of nitrogens with zero attached hydrogens (tertiary/aromatic N) is 1. The summed E-state index contributed by atoms with van der Waals surface area (Å²) in [7, 11) is 0. The maximum atomic E-state index is 12.3. The number of anilines is 1. The molecule has 0 radical (unpaired) electrons. The molecule has 1 heterocycles. The van der Waals surface area contributed by atoms with E-state index >= 15 is 0 Å². The molecule has 3 heteroatoms. The molecule has 0 bridgehead atoms. The number of ketones is 1. The number of rotatable bonds is 2. The van der Waals surface area contributed by atoms with Crippen molar-refractivity contribution in [3.8, 4) is 0 Å². The second-order valence-corrected chi connectivity index (χ2v) is 4.95. The first kappa shape index (κ1) is 12.6. The average molecular weight is 265 g/mol. The normalized spacial score (nSPS) is 19.2. The van der Waals surface area contributed by atoms with Crippen LogP contribution in [0.5, 0.6) is 0 Å². The van der Waals surface area contributed by atoms with E-state index in [0.29, 0.717) is 6.42 Å². The van der Waals surface area contributed by atoms with Crippen molar-refractivity contribution >= 4 is 17.4 Å². The van der Waals surface area contributed by atoms with Gasteiger partial charge in [0.15, 0.2) is 0 Å². The molecule has 3 rings (SSSR count). The number of piperidine rings is 1. The molecule has 2 aromatic carbocycles. The monoisotopic (exact) mass is 265 g/mol. The van der Waals surface area contributed by atoms with Gasteiger partial charge in [-0.15, -0.1) is 0 Å². The fraction of sp³-hybridized carbons (Fsp3) is 0.176. The van der Waals surface area contributed by atoms with Crippen molar-refractivity contribution in [2.75, 3.05) is 4.90 Å². The molecule has 0 aromatic heterocycles. The van der Waals surface area contributed by atoms with Crippen LogP contribution in [0.25, 0.3) is 0 Å². The van der Waals surface area contributed by atoms with Gasteiger partial charge in [-0.2, -0.15) is 0 Å². The summed E-state index contributed by atoms with van der Waals surface area (Å²) >= 11 is 0. The number of carbonyl (C=O) groups excluding carboxylic acids is 2. The van der Waals surface area contributed by atoms with Crippen LogP contribution in [0.2, 0.25) is 0 Å². The number of hydrogen-bond donors (Lipinski definition) is 0. The van der Waals surface area contributed by atoms with Crippen LogP contribution < -0.4 is 4.90 Å². The second kappa shape index (κ2) is 5.29. The molecule has 2 aromatic rings. The Bertz CT molecular complexity index is 622. The van der Waals surface area contributed by atoms with E-state index in [1.807, 2.05) is 60.7 Å². The Hall–Kier alpha value is -2.42. The largest absolute Gasteiger partial charge is 0.304 e. The van der Waals surface area contributed by atoms with Gasteiger partial charge in [0.25, 0.3) is 0 Å². The van der Waals surface area contributed by atoms with E-state index in [-0.39, 0.29) is 24.2 Å². The molecule has 1 aliphatic rings. The third-order valence-electron chi connectivity index (χ3n) is 3.57. The Morgan fingerprint density at radius 2 is 1.45 bits per heavy atom. The van der Waals surface area contributed by atoms with Gasteiger partial charge in [-0.3, -0.25) is 9.59 Å². The minimum Gasteiger partial charge on any atom is -0.304 e. The number of Topliss-reactive ketones (excluding diaryl/α,β-unsaturated/α-hetero) is 1. The van der Waals surface area contributed by atoms with Gasteiger partial charge in [0, 0.05) is 12.1 Å². The zero-order valence-electron chi connectivity index (χ0n) is 11.0. The summed E-state index contributed by atoms with van der Waals surface area (Å²) in [5, 5.41) is 0. The molecule has 1 unspecified atom stereocenters. The van der Waals surface area contributed by atoms with E-state index in [0.717, 1.165) is 11.3 Å². The Morgan fingerprint density at radius 3 is 2.10 bits per heavy atom. The summed E-state index contributed by atoms with van der Waals surface area (Å²) in [5.74, 6) is -0.114. The average Bonchev–Trinajstić information content (AvgIpc) is 2.48. The van der Waals surface area contributed by atoms with Gasteiger partial charge < -0.3 is 4.90 Å². The SMILES string of the molecule is O=C1CC(=O)N(c2ccccc2)C(c2ccccc2)C1. The molecule has 20 heavy (non-hydrogen) atoms. The van der Waals surface area contributed by atoms with E-state index in [1.54, 1.807) is 4.90 Å². The lowest BCUT2D eigenvalue weighted by atomic mass is 9.93. The number of para-hydroxylation sites is 1. The summed E-state index contributed by atoms with van der Waals surface area (Å²) < 4.78 is 0. The number of carbonyl (C=O) groups is 2. The molecular formula is C17H15NO2. The third kappa shape index (κ3) is 2.35. The fourth-order valence-electron chi connectivity index (χ4n) is 2.66. The summed E-state index contributed by atoms with van der Waals surface area (Å²) in [5.41, 5.74) is 1.84. The van der Waals surface area contributed by atoms with E-state index in [2.05, 4.69) is 0 Å². The quantitative estimate of drug-likeness (QED) is 0.782. The van der Waals surface area contributed by atoms with Crippen molar-refractivity contribution in [3.05, 3.63) is 66.2 Å². The zero-order valence-corrected chi connectivity index (χ0v) is 11.0. The van der Waals surface area contributed by atoms with Crippen molar-refractivity contribution in [1.82, 2.24) is 0 Å². The van der Waals surface area contributed by atoms with E-state index < -0.39 is 0 Å². The van der Waals surface area contributed by atoms with Crippen LogP contribution in [-0.4, -0.2) is 11.7 Å². The predicted molar refractivity (Wildman–Crippen MR) is 77.4 cm³/mol. The van der Waals surface area contributed by atoms with Crippen molar-refractivity contribution in [3.63, 3.8) is 0 Å². The molecule has 1 fully saturated rings. The highest BCUT2D eigenvalue weighted by molar-refractivity contribution is 6.09. The molecule has 1 saturated heterocycles. The Labute approximate surface area is 117 Å². The second-order valence-electron chi connectivity index (χ2n) is 4.95. The first-order chi connectivity index (χ1) is 9.75. The van der Waals surface area contributed by atoms with Crippen LogP contribution in [0, 0.1) is 0 Å². The van der Waals surface area contributed by atoms with Crippen LogP contribution in [0.4, 0.5) is 5.69 Å². The number of benzene rings is 2. The fourth-order valence-corrected chi connectivity index (χ4v) is 2.66. The third-order valence-corrected chi connectivity index (χ3v) is 3.57. The Kier molecular flexibility index (Phi) is 3.33. The molecule has 100 valence electrons. The number of hydrogen-bond acceptors (Lipinski definition) is 2. The van der Waals surface area contributed by atoms with E-state index in [9.17, 15) is 9.59 Å². The van der Waals surface area contributed by atoms with Crippen LogP contribution in [0.3, 0.4) is 0 Å². The molecule has 0 aliphatic carbocycles. The highest BCUT2D eigenvalue weighted by Crippen LogP contribution is 2.34. The van der Waals surface area contributed by atoms with Gasteiger partial charge in [0.05, 0.1) is 12.5 Å². The molecule has 0 spiro atoms. The van der Waals surface area contributed by atoms with Crippen LogP contribution >= 0.6 is 0 Å². The minimum absolute atomic E-state index is 0.00176. The Morgan fingerprint density at radius 1 is 0.850 bits per heavy atom. The topological polar surface area (TPSA) is 37.4 Å². The van der Waals surface area contributed by atoms with Crippen molar-refractivity contribution in [2.24, 2.45) is 0 Å². The first-order valence-electron chi connectivity index (χ1n) is 6.69. The van der Waals surface area contributed by atoms with Gasteiger partial charge >= 0.3 is 0 Å². The smallest absolute Gasteiger partial charge is 0.235 e. The van der Waals surface area contributed by atoms with Gasteiger partial charge in [0.2, 0.25) is 5.91 Å². The highest BCUT2D eigenvalue weighted by atomic mass is 16.2. The lowest BCUT2D eigenvalue weighted by Crippen LogP contribution is -2.41. The molecular weight excluding hydrogens is 250 g/mol. The maximum Gasteiger partial charge on any atom is 0.235 e. The lowest BCUT2D eigenvalue weighted by molar-refractivity contribution is -0.129. The summed E-state index contributed by atoms with van der Waals surface area (Å²) in [6, 6.07) is 19.1. The highest BCUT2D eigenvalue weighted by Gasteiger charge is 2.34. The van der Waals surface area contributed by atoms with Crippen LogP contribution in [0.1, 0.15) is 24.4 Å². The first-order valence-corrected chi connectivity index (χ1v) is 6.69. The van der Waals surface area contributed by atoms with Gasteiger partial charge in [0.1, 0.15) is 5.78 Å². The summed E-state index contributed by atoms with van der Waals surface area (Å²) in [6.45, 7) is 0. The van der Waals surface area contributed by atoms with Gasteiger partial charge in [-0.25, -0.2) is 0 Å². The molecule has 1 atom stereocenters. The van der Waals surface area contributed by atoms with Crippen LogP contribution in [0.15, 0.2) is 60.7 Å². The minimum atomic E-state index is -0.202. The molecule has 0 N–H and O–H groups in total. The van der Waals surface area contributed by atoms with Crippen molar-refractivity contribution in [1.29, 1.82) is 0 Å². The summed E-state index contributed by atoms with van der Waals surface area (Å²) in [6.07, 6.45) is 0.378. The molecule has 3 nitrogen and oxygen atoms in total. The van der Waals surface area contributed by atoms with Crippen molar-refractivity contribution < 1.29 is 9.59 Å². The Balaban J connectivity index is 2.03. The van der Waals surface area contributed by atoms with Crippen molar-refractivity contribution in [2.45, 2.75) is 18.9 Å². The van der Waals surface area contributed by atoms with Gasteiger partial charge in [-0.05, 0) is 17.7 Å². The van der Waals surface area contributed by atoms with E-state index in [1.165, 1.54) is 0 Å². The maximum absolute atomic E-state index is 12.3. The van der Waals surface area contributed by atoms with Crippen LogP contribution in [-0.2, 0) is 9.59 Å². The predicted octanol–water partition coefficient (Wildman–Crippen LogP) is 3.12. The molecule has 1 aliphatic heterocycles. The molecule has 1 amide bonds. The zero-order chi connectivity index (χ0) is 13.9. The molecule has 0 saturated carbocycles. The van der Waals surface area contributed by atoms with E-state index in [4.69, 9.17) is 0 Å². The summed E-state index contributed by atoms with van der Waals surface area (Å²) in [4.78, 5) is 25.8. The lowest BCUT2D eigenvalue weighted by Gasteiger charge is -2.35. The standard InChI is InChI=1S/C17H15NO2/c19-15-11-16(13-7-3-1-4-8-13)18(17(20)12-15)14-9-5-2-6-10-14/h1-10,16H,11-12H2. The number of amides is 1.